The van der Waals surface area contributed by atoms with Gasteiger partial charge in [0.25, 0.3) is 0 Å². The highest BCUT2D eigenvalue weighted by Crippen LogP contribution is 2.45. The molecule has 226 valence electrons. The highest BCUT2D eigenvalue weighted by molar-refractivity contribution is 8.00. The van der Waals surface area contributed by atoms with Gasteiger partial charge in [0.2, 0.25) is 11.8 Å². The van der Waals surface area contributed by atoms with Gasteiger partial charge in [-0.15, -0.1) is 18.3 Å². The van der Waals surface area contributed by atoms with Crippen molar-refractivity contribution in [2.75, 3.05) is 6.54 Å². The van der Waals surface area contributed by atoms with Crippen molar-refractivity contribution >= 4 is 46.4 Å². The molecule has 42 heavy (non-hydrogen) atoms. The van der Waals surface area contributed by atoms with Gasteiger partial charge in [0.05, 0.1) is 0 Å². The molecular weight excluding hydrogens is 554 g/mol. The molecule has 2 aromatic rings. The molecule has 0 spiro atoms. The van der Waals surface area contributed by atoms with E-state index in [2.05, 4.69) is 17.2 Å². The number of hydrogen-bond acceptors (Lipinski definition) is 6. The third-order valence-corrected chi connectivity index (χ3v) is 8.98. The lowest BCUT2D eigenvalue weighted by Gasteiger charge is -2.36. The zero-order chi connectivity index (χ0) is 31.0. The maximum absolute atomic E-state index is 14.2. The molecule has 2 aliphatic rings. The van der Waals surface area contributed by atoms with Gasteiger partial charge < -0.3 is 25.4 Å². The Labute approximate surface area is 251 Å². The maximum atomic E-state index is 14.2. The number of hydrogen-bond donors (Lipinski definition) is 3. The number of carboxylic acid groups (broad SMARTS) is 1. The Bertz CT molecular complexity index is 1390. The quantitative estimate of drug-likeness (QED) is 0.368. The van der Waals surface area contributed by atoms with Crippen molar-refractivity contribution in [3.63, 3.8) is 0 Å². The summed E-state index contributed by atoms with van der Waals surface area (Å²) < 4.78 is 5.44. The standard InChI is InChI=1S/C32H41N3O6S/c1-8-20-17-32(20,28(38)39)34-26(36)23-16-21(42-24-15-11-13-19-12-9-10-14-22(19)24)18-35(23)27(37)25(30(2,3)4)33-29(40)41-31(5,6)7/h8-15,20-21,23,25H,1,16-18H2,2-7H3,(H,33,40)(H,34,36)(H,38,39)/t20?,21-,23+,25-,32?/m1/s1. The van der Waals surface area contributed by atoms with Crippen molar-refractivity contribution in [2.24, 2.45) is 11.3 Å². The van der Waals surface area contributed by atoms with Crippen molar-refractivity contribution in [2.45, 2.75) is 87.8 Å². The predicted octanol–water partition coefficient (Wildman–Crippen LogP) is 4.99. The fourth-order valence-electron chi connectivity index (χ4n) is 5.41. The van der Waals surface area contributed by atoms with Crippen LogP contribution in [0.2, 0.25) is 0 Å². The predicted molar refractivity (Wildman–Crippen MR) is 163 cm³/mol. The first kappa shape index (κ1) is 31.4. The Morgan fingerprint density at radius 1 is 1.10 bits per heavy atom. The third kappa shape index (κ3) is 6.75. The van der Waals surface area contributed by atoms with Crippen LogP contribution in [0.25, 0.3) is 10.8 Å². The SMILES string of the molecule is C=CC1CC1(NC(=O)[C@@H]1C[C@@H](Sc2cccc3ccccc23)CN1C(=O)[C@@H](NC(=O)OC(C)(C)C)C(C)(C)C)C(=O)O. The lowest BCUT2D eigenvalue weighted by Crippen LogP contribution is -2.59. The summed E-state index contributed by atoms with van der Waals surface area (Å²) in [6.07, 6.45) is 1.38. The number of aliphatic carboxylic acids is 1. The number of likely N-dealkylation sites (tertiary alicyclic amines) is 1. The average molecular weight is 596 g/mol. The Kier molecular flexibility index (Phi) is 8.69. The summed E-state index contributed by atoms with van der Waals surface area (Å²) in [5, 5.41) is 17.4. The molecule has 10 heteroatoms. The average Bonchev–Trinajstić information content (AvgIpc) is 3.45. The lowest BCUT2D eigenvalue weighted by molar-refractivity contribution is -0.146. The van der Waals surface area contributed by atoms with Crippen LogP contribution in [0, 0.1) is 11.3 Å². The van der Waals surface area contributed by atoms with Gasteiger partial charge in [0.15, 0.2) is 0 Å². The van der Waals surface area contributed by atoms with Crippen LogP contribution in [-0.4, -0.2) is 68.9 Å². The summed E-state index contributed by atoms with van der Waals surface area (Å²) in [7, 11) is 0. The second kappa shape index (κ2) is 11.6. The van der Waals surface area contributed by atoms with Crippen LogP contribution in [0.5, 0.6) is 0 Å². The molecule has 2 fully saturated rings. The number of benzene rings is 2. The molecule has 0 aromatic heterocycles. The molecule has 0 radical (unpaired) electrons. The van der Waals surface area contributed by atoms with Crippen LogP contribution in [0.1, 0.15) is 54.4 Å². The van der Waals surface area contributed by atoms with E-state index in [0.717, 1.165) is 15.7 Å². The van der Waals surface area contributed by atoms with Gasteiger partial charge in [-0.25, -0.2) is 9.59 Å². The first-order valence-corrected chi connectivity index (χ1v) is 15.1. The maximum Gasteiger partial charge on any atom is 0.408 e. The lowest BCUT2D eigenvalue weighted by atomic mass is 9.85. The minimum atomic E-state index is -1.42. The highest BCUT2D eigenvalue weighted by atomic mass is 32.2. The molecule has 1 aliphatic heterocycles. The molecule has 4 rings (SSSR count). The molecule has 3 amide bonds. The minimum absolute atomic E-state index is 0.146. The minimum Gasteiger partial charge on any atom is -0.479 e. The molecule has 2 unspecified atom stereocenters. The monoisotopic (exact) mass is 595 g/mol. The molecule has 1 saturated heterocycles. The normalized spacial score (nSPS) is 24.5. The Balaban J connectivity index is 1.64. The van der Waals surface area contributed by atoms with Gasteiger partial charge >= 0.3 is 12.1 Å². The number of amides is 3. The van der Waals surface area contributed by atoms with Crippen LogP contribution in [0.4, 0.5) is 4.79 Å². The molecule has 1 aliphatic carbocycles. The fraction of sp³-hybridized carbons (Fsp3) is 0.500. The molecular formula is C32H41N3O6S. The largest absolute Gasteiger partial charge is 0.479 e. The van der Waals surface area contributed by atoms with Crippen LogP contribution in [-0.2, 0) is 19.1 Å². The van der Waals surface area contributed by atoms with Gasteiger partial charge in [-0.1, -0.05) is 63.2 Å². The number of carbonyl (C=O) groups is 4. The number of fused-ring (bicyclic) bond motifs is 1. The third-order valence-electron chi connectivity index (χ3n) is 7.69. The molecule has 9 nitrogen and oxygen atoms in total. The first-order valence-electron chi connectivity index (χ1n) is 14.2. The molecule has 0 bridgehead atoms. The van der Waals surface area contributed by atoms with Crippen molar-refractivity contribution < 1.29 is 29.0 Å². The zero-order valence-electron chi connectivity index (χ0n) is 25.1. The number of nitrogens with one attached hydrogen (secondary N) is 2. The number of rotatable bonds is 8. The number of ether oxygens (including phenoxy) is 1. The van der Waals surface area contributed by atoms with Crippen LogP contribution >= 0.6 is 11.8 Å². The van der Waals surface area contributed by atoms with Crippen LogP contribution in [0.15, 0.2) is 60.0 Å². The number of thioether (sulfide) groups is 1. The molecule has 1 saturated carbocycles. The first-order chi connectivity index (χ1) is 19.6. The van der Waals surface area contributed by atoms with E-state index in [1.165, 1.54) is 11.0 Å². The molecule has 1 heterocycles. The summed E-state index contributed by atoms with van der Waals surface area (Å²) >= 11 is 1.59. The van der Waals surface area contributed by atoms with Gasteiger partial charge in [-0.3, -0.25) is 9.59 Å². The van der Waals surface area contributed by atoms with Crippen molar-refractivity contribution in [1.29, 1.82) is 0 Å². The number of alkyl carbamates (subject to hydrolysis) is 1. The van der Waals surface area contributed by atoms with Crippen molar-refractivity contribution in [1.82, 2.24) is 15.5 Å². The fourth-order valence-corrected chi connectivity index (χ4v) is 6.75. The van der Waals surface area contributed by atoms with Crippen molar-refractivity contribution in [3.8, 4) is 0 Å². The van der Waals surface area contributed by atoms with Gasteiger partial charge in [0.1, 0.15) is 23.2 Å². The Morgan fingerprint density at radius 3 is 2.36 bits per heavy atom. The van der Waals surface area contributed by atoms with E-state index in [0.29, 0.717) is 6.42 Å². The van der Waals surface area contributed by atoms with E-state index in [9.17, 15) is 24.3 Å². The van der Waals surface area contributed by atoms with Crippen LogP contribution in [0.3, 0.4) is 0 Å². The van der Waals surface area contributed by atoms with Crippen LogP contribution < -0.4 is 10.6 Å². The molecule has 3 N–H and O–H groups in total. The highest BCUT2D eigenvalue weighted by Gasteiger charge is 2.61. The Hall–Kier alpha value is -3.53. The van der Waals surface area contributed by atoms with E-state index in [1.54, 1.807) is 32.5 Å². The summed E-state index contributed by atoms with van der Waals surface area (Å²) in [6.45, 7) is 14.7. The molecule has 5 atom stereocenters. The van der Waals surface area contributed by atoms with E-state index in [4.69, 9.17) is 4.74 Å². The van der Waals surface area contributed by atoms with Gasteiger partial charge in [-0.2, -0.15) is 0 Å². The number of carbonyl (C=O) groups excluding carboxylic acids is 3. The number of carboxylic acids is 1. The van der Waals surface area contributed by atoms with E-state index >= 15 is 0 Å². The zero-order valence-corrected chi connectivity index (χ0v) is 25.9. The van der Waals surface area contributed by atoms with Gasteiger partial charge in [-0.05, 0) is 55.9 Å². The van der Waals surface area contributed by atoms with E-state index in [1.807, 2.05) is 63.2 Å². The van der Waals surface area contributed by atoms with E-state index in [-0.39, 0.29) is 24.1 Å². The summed E-state index contributed by atoms with van der Waals surface area (Å²) in [6, 6.07) is 12.2. The van der Waals surface area contributed by atoms with E-state index < -0.39 is 52.5 Å². The summed E-state index contributed by atoms with van der Waals surface area (Å²) in [5.41, 5.74) is -2.89. The second-order valence-electron chi connectivity index (χ2n) is 13.2. The Morgan fingerprint density at radius 2 is 1.76 bits per heavy atom. The van der Waals surface area contributed by atoms with Crippen molar-refractivity contribution in [3.05, 3.63) is 55.1 Å². The summed E-state index contributed by atoms with van der Waals surface area (Å²) in [5.74, 6) is -2.46. The second-order valence-corrected chi connectivity index (χ2v) is 14.6. The smallest absolute Gasteiger partial charge is 0.408 e. The van der Waals surface area contributed by atoms with Gasteiger partial charge in [0, 0.05) is 22.6 Å². The summed E-state index contributed by atoms with van der Waals surface area (Å²) in [4.78, 5) is 55.3. The molecule has 2 aromatic carbocycles. The number of nitrogens with zero attached hydrogens (tertiary/aromatic N) is 1. The topological polar surface area (TPSA) is 125 Å².